The first-order valence-corrected chi connectivity index (χ1v) is 6.59. The van der Waals surface area contributed by atoms with Crippen LogP contribution in [0.25, 0.3) is 11.3 Å². The number of ether oxygens (including phenoxy) is 1. The summed E-state index contributed by atoms with van der Waals surface area (Å²) in [5.41, 5.74) is 0.594. The molecule has 22 heavy (non-hydrogen) atoms. The van der Waals surface area contributed by atoms with Crippen LogP contribution in [0.15, 0.2) is 65.7 Å². The van der Waals surface area contributed by atoms with Crippen molar-refractivity contribution < 1.29 is 4.74 Å². The first kappa shape index (κ1) is 13.6. The first-order chi connectivity index (χ1) is 10.8. The molecule has 5 heteroatoms. The van der Waals surface area contributed by atoms with Crippen LogP contribution in [0.5, 0.6) is 11.5 Å². The minimum absolute atomic E-state index is 0.000715. The molecule has 0 aliphatic heterocycles. The monoisotopic (exact) mass is 289 g/mol. The van der Waals surface area contributed by atoms with Gasteiger partial charge in [0.25, 0.3) is 5.56 Å². The zero-order valence-electron chi connectivity index (χ0n) is 11.5. The van der Waals surface area contributed by atoms with E-state index in [1.165, 1.54) is 6.33 Å². The van der Waals surface area contributed by atoms with Gasteiger partial charge in [0, 0.05) is 5.56 Å². The molecule has 0 aliphatic rings. The molecule has 0 saturated carbocycles. The van der Waals surface area contributed by atoms with E-state index in [0.717, 1.165) is 5.75 Å². The lowest BCUT2D eigenvalue weighted by Crippen LogP contribution is -2.12. The van der Waals surface area contributed by atoms with Crippen LogP contribution in [0.2, 0.25) is 0 Å². The Kier molecular flexibility index (Phi) is 3.67. The number of nitriles is 1. The van der Waals surface area contributed by atoms with Crippen LogP contribution in [0.3, 0.4) is 0 Å². The molecule has 0 radical (unpaired) electrons. The molecule has 5 nitrogen and oxygen atoms in total. The maximum Gasteiger partial charge on any atom is 0.269 e. The molecule has 1 aromatic heterocycles. The Labute approximate surface area is 126 Å². The number of para-hydroxylation sites is 1. The van der Waals surface area contributed by atoms with E-state index in [1.54, 1.807) is 24.3 Å². The molecule has 3 aromatic rings. The summed E-state index contributed by atoms with van der Waals surface area (Å²) in [7, 11) is 0. The molecule has 0 spiro atoms. The number of rotatable bonds is 3. The van der Waals surface area contributed by atoms with E-state index in [1.807, 2.05) is 36.4 Å². The Morgan fingerprint density at radius 1 is 1.00 bits per heavy atom. The lowest BCUT2D eigenvalue weighted by molar-refractivity contribution is 0.483. The van der Waals surface area contributed by atoms with Crippen LogP contribution in [0.4, 0.5) is 0 Å². The van der Waals surface area contributed by atoms with E-state index < -0.39 is 5.56 Å². The molecular weight excluding hydrogens is 278 g/mol. The van der Waals surface area contributed by atoms with Gasteiger partial charge in [-0.15, -0.1) is 0 Å². The Morgan fingerprint density at radius 2 is 1.68 bits per heavy atom. The van der Waals surface area contributed by atoms with Crippen LogP contribution in [-0.2, 0) is 0 Å². The van der Waals surface area contributed by atoms with Gasteiger partial charge in [-0.1, -0.05) is 18.2 Å². The summed E-state index contributed by atoms with van der Waals surface area (Å²) < 4.78 is 5.70. The zero-order chi connectivity index (χ0) is 15.4. The van der Waals surface area contributed by atoms with Crippen molar-refractivity contribution in [3.8, 4) is 28.8 Å². The fourth-order valence-corrected chi connectivity index (χ4v) is 2.03. The summed E-state index contributed by atoms with van der Waals surface area (Å²) in [6, 6.07) is 18.4. The molecule has 0 fully saturated rings. The van der Waals surface area contributed by atoms with Crippen LogP contribution in [0, 0.1) is 11.3 Å². The molecule has 0 atom stereocenters. The summed E-state index contributed by atoms with van der Waals surface area (Å²) >= 11 is 0. The topological polar surface area (TPSA) is 78.8 Å². The Bertz CT molecular complexity index is 878. The minimum Gasteiger partial charge on any atom is -0.457 e. The quantitative estimate of drug-likeness (QED) is 0.803. The number of nitrogens with zero attached hydrogens (tertiary/aromatic N) is 2. The normalized spacial score (nSPS) is 9.95. The number of H-pyrrole nitrogens is 1. The lowest BCUT2D eigenvalue weighted by Gasteiger charge is -2.07. The molecule has 106 valence electrons. The van der Waals surface area contributed by atoms with E-state index in [-0.39, 0.29) is 5.56 Å². The number of nitrogens with one attached hydrogen (secondary N) is 1. The van der Waals surface area contributed by atoms with Crippen molar-refractivity contribution in [3.05, 3.63) is 76.8 Å². The van der Waals surface area contributed by atoms with Gasteiger partial charge in [0.1, 0.15) is 23.1 Å². The molecule has 0 amide bonds. The van der Waals surface area contributed by atoms with Crippen LogP contribution < -0.4 is 10.3 Å². The standard InChI is InChI=1S/C17H11N3O2/c18-10-15-16(19-11-20-17(15)21)12-6-8-14(9-7-12)22-13-4-2-1-3-5-13/h1-9,11H,(H,19,20,21). The fraction of sp³-hybridized carbons (Fsp3) is 0. The van der Waals surface area contributed by atoms with Crippen molar-refractivity contribution in [2.45, 2.75) is 0 Å². The third-order valence-corrected chi connectivity index (χ3v) is 3.07. The summed E-state index contributed by atoms with van der Waals surface area (Å²) in [4.78, 5) is 18.1. The largest absolute Gasteiger partial charge is 0.457 e. The average molecular weight is 289 g/mol. The SMILES string of the molecule is N#Cc1c(-c2ccc(Oc3ccccc3)cc2)nc[nH]c1=O. The van der Waals surface area contributed by atoms with Crippen molar-refractivity contribution in [3.63, 3.8) is 0 Å². The molecule has 0 unspecified atom stereocenters. The third-order valence-electron chi connectivity index (χ3n) is 3.07. The molecule has 1 N–H and O–H groups in total. The highest BCUT2D eigenvalue weighted by Crippen LogP contribution is 2.25. The van der Waals surface area contributed by atoms with Gasteiger partial charge in [-0.2, -0.15) is 5.26 Å². The fourth-order valence-electron chi connectivity index (χ4n) is 2.03. The zero-order valence-corrected chi connectivity index (χ0v) is 11.5. The molecule has 1 heterocycles. The van der Waals surface area contributed by atoms with Gasteiger partial charge in [-0.05, 0) is 36.4 Å². The molecule has 0 saturated heterocycles. The second-order valence-corrected chi connectivity index (χ2v) is 4.51. The van der Waals surface area contributed by atoms with Crippen molar-refractivity contribution in [2.75, 3.05) is 0 Å². The van der Waals surface area contributed by atoms with Crippen LogP contribution in [0.1, 0.15) is 5.56 Å². The van der Waals surface area contributed by atoms with Crippen LogP contribution in [-0.4, -0.2) is 9.97 Å². The minimum atomic E-state index is -0.447. The number of benzene rings is 2. The van der Waals surface area contributed by atoms with Crippen molar-refractivity contribution in [1.29, 1.82) is 5.26 Å². The summed E-state index contributed by atoms with van der Waals surface area (Å²) in [5.74, 6) is 1.40. The number of hydrogen-bond donors (Lipinski definition) is 1. The molecular formula is C17H11N3O2. The van der Waals surface area contributed by atoms with Gasteiger partial charge < -0.3 is 9.72 Å². The highest BCUT2D eigenvalue weighted by Gasteiger charge is 2.10. The van der Waals surface area contributed by atoms with E-state index in [0.29, 0.717) is 17.0 Å². The number of aromatic nitrogens is 2. The highest BCUT2D eigenvalue weighted by molar-refractivity contribution is 5.66. The van der Waals surface area contributed by atoms with Gasteiger partial charge in [0.15, 0.2) is 0 Å². The molecule has 0 aliphatic carbocycles. The van der Waals surface area contributed by atoms with E-state index in [4.69, 9.17) is 10.00 Å². The predicted octanol–water partition coefficient (Wildman–Crippen LogP) is 3.10. The van der Waals surface area contributed by atoms with E-state index >= 15 is 0 Å². The van der Waals surface area contributed by atoms with Gasteiger partial charge in [-0.3, -0.25) is 4.79 Å². The van der Waals surface area contributed by atoms with Gasteiger partial charge >= 0.3 is 0 Å². The van der Waals surface area contributed by atoms with Crippen LogP contribution >= 0.6 is 0 Å². The van der Waals surface area contributed by atoms with Gasteiger partial charge in [-0.25, -0.2) is 4.98 Å². The molecule has 2 aromatic carbocycles. The molecule has 3 rings (SSSR count). The highest BCUT2D eigenvalue weighted by atomic mass is 16.5. The Morgan fingerprint density at radius 3 is 2.36 bits per heavy atom. The van der Waals surface area contributed by atoms with E-state index in [9.17, 15) is 4.79 Å². The molecule has 0 bridgehead atoms. The predicted molar refractivity (Wildman–Crippen MR) is 81.5 cm³/mol. The average Bonchev–Trinajstić information content (AvgIpc) is 2.56. The number of aromatic amines is 1. The first-order valence-electron chi connectivity index (χ1n) is 6.59. The lowest BCUT2D eigenvalue weighted by atomic mass is 10.1. The maximum atomic E-state index is 11.6. The summed E-state index contributed by atoms with van der Waals surface area (Å²) in [6.07, 6.45) is 1.28. The summed E-state index contributed by atoms with van der Waals surface area (Å²) in [5, 5.41) is 9.08. The second-order valence-electron chi connectivity index (χ2n) is 4.51. The Hall–Kier alpha value is -3.39. The van der Waals surface area contributed by atoms with E-state index in [2.05, 4.69) is 9.97 Å². The van der Waals surface area contributed by atoms with Crippen molar-refractivity contribution in [1.82, 2.24) is 9.97 Å². The number of hydrogen-bond acceptors (Lipinski definition) is 4. The maximum absolute atomic E-state index is 11.6. The second kappa shape index (κ2) is 5.94. The Balaban J connectivity index is 1.91. The van der Waals surface area contributed by atoms with Crippen molar-refractivity contribution >= 4 is 0 Å². The summed E-state index contributed by atoms with van der Waals surface area (Å²) in [6.45, 7) is 0. The van der Waals surface area contributed by atoms with Crippen molar-refractivity contribution in [2.24, 2.45) is 0 Å². The van der Waals surface area contributed by atoms with Gasteiger partial charge in [0.2, 0.25) is 0 Å². The third kappa shape index (κ3) is 2.72. The van der Waals surface area contributed by atoms with Gasteiger partial charge in [0.05, 0.1) is 12.0 Å². The smallest absolute Gasteiger partial charge is 0.269 e.